The number of hydrogen-bond donors (Lipinski definition) is 2. The first-order valence-electron chi connectivity index (χ1n) is 8.77. The van der Waals surface area contributed by atoms with Crippen LogP contribution in [0.4, 0.5) is 0 Å². The van der Waals surface area contributed by atoms with Crippen molar-refractivity contribution in [1.29, 1.82) is 0 Å². The molecule has 0 bridgehead atoms. The molecule has 1 aliphatic heterocycles. The van der Waals surface area contributed by atoms with Crippen LogP contribution in [0.2, 0.25) is 0 Å². The van der Waals surface area contributed by atoms with Gasteiger partial charge in [0.2, 0.25) is 11.8 Å². The van der Waals surface area contributed by atoms with E-state index in [9.17, 15) is 14.7 Å². The second-order valence-electron chi connectivity index (χ2n) is 6.83. The smallest absolute Gasteiger partial charge is 0.243 e. The van der Waals surface area contributed by atoms with Gasteiger partial charge >= 0.3 is 0 Å². The molecule has 0 aromatic heterocycles. The fourth-order valence-electron chi connectivity index (χ4n) is 3.16. The summed E-state index contributed by atoms with van der Waals surface area (Å²) < 4.78 is 0. The Balaban J connectivity index is 2.05. The minimum atomic E-state index is -0.404. The van der Waals surface area contributed by atoms with E-state index in [0.717, 1.165) is 24.0 Å². The first kappa shape index (κ1) is 18.5. The lowest BCUT2D eigenvalue weighted by atomic mass is 9.98. The van der Waals surface area contributed by atoms with Gasteiger partial charge in [0.25, 0.3) is 0 Å². The molecule has 24 heavy (non-hydrogen) atoms. The number of hydrogen-bond acceptors (Lipinski definition) is 3. The third-order valence-corrected chi connectivity index (χ3v) is 4.48. The van der Waals surface area contributed by atoms with Crippen LogP contribution in [0.25, 0.3) is 0 Å². The van der Waals surface area contributed by atoms with E-state index in [1.807, 2.05) is 24.3 Å². The van der Waals surface area contributed by atoms with Gasteiger partial charge in [0.1, 0.15) is 6.04 Å². The van der Waals surface area contributed by atoms with E-state index >= 15 is 0 Å². The second kappa shape index (κ2) is 8.83. The van der Waals surface area contributed by atoms with Gasteiger partial charge in [-0.1, -0.05) is 38.1 Å². The average molecular weight is 332 g/mol. The Morgan fingerprint density at radius 3 is 2.58 bits per heavy atom. The number of benzene rings is 1. The van der Waals surface area contributed by atoms with Gasteiger partial charge in [-0.3, -0.25) is 9.59 Å². The number of likely N-dealkylation sites (tertiary alicyclic amines) is 1. The minimum absolute atomic E-state index is 0.0495. The molecule has 1 unspecified atom stereocenters. The number of carbonyl (C=O) groups is 2. The van der Waals surface area contributed by atoms with Gasteiger partial charge in [-0.2, -0.15) is 0 Å². The molecule has 0 saturated carbocycles. The van der Waals surface area contributed by atoms with Crippen LogP contribution in [-0.2, 0) is 22.7 Å². The van der Waals surface area contributed by atoms with Crippen LogP contribution in [0.5, 0.6) is 0 Å². The van der Waals surface area contributed by atoms with Crippen LogP contribution in [0, 0.1) is 5.92 Å². The highest BCUT2D eigenvalue weighted by Crippen LogP contribution is 2.19. The molecule has 5 nitrogen and oxygen atoms in total. The van der Waals surface area contributed by atoms with Crippen molar-refractivity contribution in [1.82, 2.24) is 10.2 Å². The SMILES string of the molecule is CC(C)CC(C(=O)NCc1ccccc1CO)N1CCCCC1=O. The molecule has 0 spiro atoms. The summed E-state index contributed by atoms with van der Waals surface area (Å²) >= 11 is 0. The van der Waals surface area contributed by atoms with Gasteiger partial charge in [-0.05, 0) is 36.3 Å². The molecule has 1 aromatic carbocycles. The lowest BCUT2D eigenvalue weighted by molar-refractivity contribution is -0.143. The van der Waals surface area contributed by atoms with Crippen molar-refractivity contribution in [2.24, 2.45) is 5.92 Å². The van der Waals surface area contributed by atoms with Crippen LogP contribution >= 0.6 is 0 Å². The molecule has 0 aliphatic carbocycles. The van der Waals surface area contributed by atoms with E-state index in [4.69, 9.17) is 0 Å². The Morgan fingerprint density at radius 2 is 1.96 bits per heavy atom. The second-order valence-corrected chi connectivity index (χ2v) is 6.83. The molecular weight excluding hydrogens is 304 g/mol. The molecule has 1 atom stereocenters. The van der Waals surface area contributed by atoms with Crippen LogP contribution in [0.1, 0.15) is 50.7 Å². The van der Waals surface area contributed by atoms with Gasteiger partial charge < -0.3 is 15.3 Å². The van der Waals surface area contributed by atoms with Crippen molar-refractivity contribution in [3.8, 4) is 0 Å². The maximum Gasteiger partial charge on any atom is 0.243 e. The van der Waals surface area contributed by atoms with Crippen molar-refractivity contribution in [3.63, 3.8) is 0 Å². The van der Waals surface area contributed by atoms with E-state index < -0.39 is 6.04 Å². The topological polar surface area (TPSA) is 69.6 Å². The van der Waals surface area contributed by atoms with Gasteiger partial charge in [0.15, 0.2) is 0 Å². The van der Waals surface area contributed by atoms with Crippen LogP contribution < -0.4 is 5.32 Å². The molecular formula is C19H28N2O3. The molecule has 2 rings (SSSR count). The molecule has 2 amide bonds. The van der Waals surface area contributed by atoms with E-state index in [1.165, 1.54) is 0 Å². The van der Waals surface area contributed by atoms with Crippen molar-refractivity contribution < 1.29 is 14.7 Å². The molecule has 1 heterocycles. The molecule has 1 fully saturated rings. The summed E-state index contributed by atoms with van der Waals surface area (Å²) in [6.45, 7) is 5.11. The number of aliphatic hydroxyl groups is 1. The number of amides is 2. The molecule has 2 N–H and O–H groups in total. The fourth-order valence-corrected chi connectivity index (χ4v) is 3.16. The Kier molecular flexibility index (Phi) is 6.79. The van der Waals surface area contributed by atoms with Gasteiger partial charge in [-0.25, -0.2) is 0 Å². The zero-order valence-electron chi connectivity index (χ0n) is 14.6. The highest BCUT2D eigenvalue weighted by Gasteiger charge is 2.31. The van der Waals surface area contributed by atoms with E-state index in [-0.39, 0.29) is 18.4 Å². The van der Waals surface area contributed by atoms with E-state index in [1.54, 1.807) is 4.90 Å². The van der Waals surface area contributed by atoms with Gasteiger partial charge in [-0.15, -0.1) is 0 Å². The number of aliphatic hydroxyl groups excluding tert-OH is 1. The molecule has 132 valence electrons. The Bertz CT molecular complexity index is 571. The average Bonchev–Trinajstić information content (AvgIpc) is 2.58. The number of piperidine rings is 1. The zero-order valence-corrected chi connectivity index (χ0v) is 14.6. The zero-order chi connectivity index (χ0) is 17.5. The van der Waals surface area contributed by atoms with Crippen LogP contribution in [-0.4, -0.2) is 34.4 Å². The number of rotatable bonds is 7. The Morgan fingerprint density at radius 1 is 1.25 bits per heavy atom. The maximum absolute atomic E-state index is 12.7. The summed E-state index contributed by atoms with van der Waals surface area (Å²) in [5.74, 6) is 0.310. The minimum Gasteiger partial charge on any atom is -0.392 e. The lowest BCUT2D eigenvalue weighted by Crippen LogP contribution is -2.51. The Labute approximate surface area is 144 Å². The summed E-state index contributed by atoms with van der Waals surface area (Å²) in [4.78, 5) is 26.7. The summed E-state index contributed by atoms with van der Waals surface area (Å²) in [7, 11) is 0. The predicted molar refractivity (Wildman–Crippen MR) is 93.0 cm³/mol. The van der Waals surface area contributed by atoms with Crippen molar-refractivity contribution in [2.45, 2.75) is 58.7 Å². The summed E-state index contributed by atoms with van der Waals surface area (Å²) in [5, 5.41) is 12.3. The number of nitrogens with zero attached hydrogens (tertiary/aromatic N) is 1. The van der Waals surface area contributed by atoms with Crippen LogP contribution in [0.15, 0.2) is 24.3 Å². The molecule has 1 saturated heterocycles. The van der Waals surface area contributed by atoms with E-state index in [0.29, 0.717) is 31.8 Å². The van der Waals surface area contributed by atoms with Crippen molar-refractivity contribution in [3.05, 3.63) is 35.4 Å². The fraction of sp³-hybridized carbons (Fsp3) is 0.579. The largest absolute Gasteiger partial charge is 0.392 e. The Hall–Kier alpha value is -1.88. The van der Waals surface area contributed by atoms with Crippen molar-refractivity contribution in [2.75, 3.05) is 6.54 Å². The van der Waals surface area contributed by atoms with Crippen LogP contribution in [0.3, 0.4) is 0 Å². The van der Waals surface area contributed by atoms with Crippen molar-refractivity contribution >= 4 is 11.8 Å². The third kappa shape index (κ3) is 4.81. The summed E-state index contributed by atoms with van der Waals surface area (Å²) in [6.07, 6.45) is 3.07. The maximum atomic E-state index is 12.7. The van der Waals surface area contributed by atoms with Gasteiger partial charge in [0.05, 0.1) is 6.61 Å². The summed E-state index contributed by atoms with van der Waals surface area (Å²) in [5.41, 5.74) is 1.72. The molecule has 5 heteroatoms. The highest BCUT2D eigenvalue weighted by atomic mass is 16.3. The molecule has 1 aliphatic rings. The highest BCUT2D eigenvalue weighted by molar-refractivity contribution is 5.88. The summed E-state index contributed by atoms with van der Waals surface area (Å²) in [6, 6.07) is 7.10. The quantitative estimate of drug-likeness (QED) is 0.804. The number of nitrogens with one attached hydrogen (secondary N) is 1. The number of carbonyl (C=O) groups excluding carboxylic acids is 2. The monoisotopic (exact) mass is 332 g/mol. The lowest BCUT2D eigenvalue weighted by Gasteiger charge is -2.34. The standard InChI is InChI=1S/C19H28N2O3/c1-14(2)11-17(21-10-6-5-9-18(21)23)19(24)20-12-15-7-3-4-8-16(15)13-22/h3-4,7-8,14,17,22H,5-6,9-13H2,1-2H3,(H,20,24). The normalized spacial score (nSPS) is 16.3. The van der Waals surface area contributed by atoms with E-state index in [2.05, 4.69) is 19.2 Å². The first-order chi connectivity index (χ1) is 11.5. The molecule has 1 aromatic rings. The molecule has 0 radical (unpaired) electrons. The predicted octanol–water partition coefficient (Wildman–Crippen LogP) is 2.22. The first-order valence-corrected chi connectivity index (χ1v) is 8.77. The van der Waals surface area contributed by atoms with Gasteiger partial charge in [0, 0.05) is 19.5 Å². The third-order valence-electron chi connectivity index (χ3n) is 4.48.